The maximum Gasteiger partial charge on any atom is 0.0995 e. The van der Waals surface area contributed by atoms with Crippen LogP contribution in [0.25, 0.3) is 76.2 Å². The molecule has 5 aromatic carbocycles. The highest BCUT2D eigenvalue weighted by Gasteiger charge is 2.39. The number of benzene rings is 5. The number of rotatable bonds is 0. The normalized spacial score (nSPS) is 22.3. The Morgan fingerprint density at radius 2 is 0.793 bits per heavy atom. The molecule has 4 nitrogen and oxygen atoms in total. The predicted molar refractivity (Wildman–Crippen MR) is 240 cm³/mol. The fourth-order valence-electron chi connectivity index (χ4n) is 13.5. The summed E-state index contributed by atoms with van der Waals surface area (Å²) >= 11 is 0. The third-order valence-corrected chi connectivity index (χ3v) is 16.2. The van der Waals surface area contributed by atoms with Crippen molar-refractivity contribution in [3.63, 3.8) is 0 Å². The molecule has 4 bridgehead atoms. The van der Waals surface area contributed by atoms with Crippen LogP contribution in [-0.4, -0.2) is 8.80 Å². The molecule has 2 fully saturated rings. The van der Waals surface area contributed by atoms with Crippen LogP contribution in [-0.2, 0) is 10.8 Å². The second-order valence-electron chi connectivity index (χ2n) is 21.2. The standard InChI is InChI=1S/C54H50N4/c1-53(2,3)33-19-37-35-23-42-36(24-41(35)57-43-17-31(25-55)45-27-9-7-11-29(15-13-27)47(45)49(43)39(21-33)51(37)57)38-20-34(54(4,5)6)22-40-50-44(58(42)52(38)40)18-32(26-56)46-28-10-8-12-30(16-14-28)48(46)50/h17-24,27-30H,7-16H2,1-6H3. The smallest absolute Gasteiger partial charge is 0.0995 e. The summed E-state index contributed by atoms with van der Waals surface area (Å²) in [6.45, 7) is 14.1. The number of fused-ring (bicyclic) bond motifs is 18. The van der Waals surface area contributed by atoms with Gasteiger partial charge in [-0.15, -0.1) is 0 Å². The van der Waals surface area contributed by atoms with E-state index < -0.39 is 0 Å². The molecule has 4 atom stereocenters. The molecule has 9 aromatic rings. The fraction of sp³-hybridized carbons (Fsp3) is 0.407. The zero-order valence-electron chi connectivity index (χ0n) is 34.8. The van der Waals surface area contributed by atoms with Gasteiger partial charge in [-0.05, 0) is 168 Å². The van der Waals surface area contributed by atoms with Crippen molar-refractivity contribution in [3.05, 3.63) is 93.0 Å². The maximum atomic E-state index is 10.8. The Bertz CT molecular complexity index is 3180. The topological polar surface area (TPSA) is 56.4 Å². The Balaban J connectivity index is 1.25. The van der Waals surface area contributed by atoms with Gasteiger partial charge in [0.25, 0.3) is 0 Å². The van der Waals surface area contributed by atoms with Crippen molar-refractivity contribution in [2.24, 2.45) is 0 Å². The summed E-state index contributed by atoms with van der Waals surface area (Å²) < 4.78 is 5.12. The molecule has 6 aliphatic carbocycles. The molecule has 4 aromatic heterocycles. The second kappa shape index (κ2) is 10.8. The summed E-state index contributed by atoms with van der Waals surface area (Å²) in [6, 6.07) is 25.0. The van der Waals surface area contributed by atoms with Gasteiger partial charge in [0.1, 0.15) is 0 Å². The average Bonchev–Trinajstić information content (AvgIpc) is 3.66. The van der Waals surface area contributed by atoms with Gasteiger partial charge in [-0.25, -0.2) is 0 Å². The van der Waals surface area contributed by atoms with Gasteiger partial charge in [0.05, 0.1) is 56.4 Å². The van der Waals surface area contributed by atoms with Gasteiger partial charge >= 0.3 is 0 Å². The molecule has 58 heavy (non-hydrogen) atoms. The molecule has 15 rings (SSSR count). The first-order chi connectivity index (χ1) is 27.9. The minimum atomic E-state index is -0.0333. The molecular weight excluding hydrogens is 705 g/mol. The molecule has 0 radical (unpaired) electrons. The van der Waals surface area contributed by atoms with Crippen molar-refractivity contribution < 1.29 is 0 Å². The SMILES string of the molecule is CC(C)(C)c1cc2c3cc4c(cc3n3c5cc(C#N)c6c(c5c(c1)c23)C1CCCC6CC1)c1cc(C(C)(C)C)cc2c3c5c(c(C#N)cc3n4c12)C1CCCC5CC1. The first-order valence-corrected chi connectivity index (χ1v) is 22.3. The summed E-state index contributed by atoms with van der Waals surface area (Å²) in [5, 5.41) is 32.3. The number of nitrogens with zero attached hydrogens (tertiary/aromatic N) is 4. The maximum absolute atomic E-state index is 10.8. The molecule has 2 saturated carbocycles. The lowest BCUT2D eigenvalue weighted by Gasteiger charge is -2.29. The van der Waals surface area contributed by atoms with Crippen molar-refractivity contribution >= 4 is 76.2 Å². The van der Waals surface area contributed by atoms with Crippen molar-refractivity contribution in [1.82, 2.24) is 8.80 Å². The fourth-order valence-corrected chi connectivity index (χ4v) is 13.5. The molecule has 0 saturated heterocycles. The summed E-state index contributed by atoms with van der Waals surface area (Å²) in [7, 11) is 0. The van der Waals surface area contributed by atoms with Gasteiger partial charge in [-0.3, -0.25) is 0 Å². The quantitative estimate of drug-likeness (QED) is 0.155. The number of aromatic nitrogens is 2. The van der Waals surface area contributed by atoms with Crippen LogP contribution in [0.5, 0.6) is 0 Å². The van der Waals surface area contributed by atoms with Crippen LogP contribution in [0.15, 0.2) is 48.5 Å². The average molecular weight is 755 g/mol. The van der Waals surface area contributed by atoms with Gasteiger partial charge in [0, 0.05) is 43.1 Å². The molecule has 4 heterocycles. The first kappa shape index (κ1) is 33.6. The molecule has 0 N–H and O–H groups in total. The Labute approximate surface area is 339 Å². The monoisotopic (exact) mass is 754 g/mol. The van der Waals surface area contributed by atoms with Crippen molar-refractivity contribution in [1.29, 1.82) is 10.5 Å². The molecule has 0 aliphatic heterocycles. The Hall–Kier alpha value is -5.32. The van der Waals surface area contributed by atoms with Crippen molar-refractivity contribution in [3.8, 4) is 12.1 Å². The van der Waals surface area contributed by atoms with Crippen LogP contribution >= 0.6 is 0 Å². The minimum Gasteiger partial charge on any atom is -0.308 e. The molecule has 6 aliphatic rings. The number of hydrogen-bond donors (Lipinski definition) is 0. The minimum absolute atomic E-state index is 0.0333. The van der Waals surface area contributed by atoms with Crippen molar-refractivity contribution in [2.75, 3.05) is 0 Å². The Morgan fingerprint density at radius 3 is 1.16 bits per heavy atom. The molecular formula is C54H50N4. The van der Waals surface area contributed by atoms with E-state index in [9.17, 15) is 10.5 Å². The largest absolute Gasteiger partial charge is 0.308 e. The van der Waals surface area contributed by atoms with Crippen LogP contribution in [0.4, 0.5) is 0 Å². The van der Waals surface area contributed by atoms with Gasteiger partial charge < -0.3 is 8.80 Å². The molecule has 0 spiro atoms. The third-order valence-electron chi connectivity index (χ3n) is 16.2. The van der Waals surface area contributed by atoms with Crippen LogP contribution in [0, 0.1) is 22.7 Å². The van der Waals surface area contributed by atoms with Crippen LogP contribution in [0.1, 0.15) is 174 Å². The summed E-state index contributed by atoms with van der Waals surface area (Å²) in [5.74, 6) is 2.01. The van der Waals surface area contributed by atoms with E-state index in [0.717, 1.165) is 11.1 Å². The zero-order valence-corrected chi connectivity index (χ0v) is 34.8. The highest BCUT2D eigenvalue weighted by Crippen LogP contribution is 2.56. The highest BCUT2D eigenvalue weighted by atomic mass is 14.9. The van der Waals surface area contributed by atoms with E-state index in [1.54, 1.807) is 0 Å². The van der Waals surface area contributed by atoms with Crippen LogP contribution in [0.2, 0.25) is 0 Å². The Morgan fingerprint density at radius 1 is 0.431 bits per heavy atom. The summed E-state index contributed by atoms with van der Waals surface area (Å²) in [4.78, 5) is 0. The van der Waals surface area contributed by atoms with E-state index in [1.165, 1.54) is 174 Å². The van der Waals surface area contributed by atoms with Gasteiger partial charge in [-0.2, -0.15) is 10.5 Å². The second-order valence-corrected chi connectivity index (χ2v) is 21.2. The van der Waals surface area contributed by atoms with Gasteiger partial charge in [0.2, 0.25) is 0 Å². The molecule has 4 unspecified atom stereocenters. The number of hydrogen-bond acceptors (Lipinski definition) is 2. The lowest BCUT2D eigenvalue weighted by molar-refractivity contribution is 0.530. The van der Waals surface area contributed by atoms with E-state index >= 15 is 0 Å². The third kappa shape index (κ3) is 4.01. The predicted octanol–water partition coefficient (Wildman–Crippen LogP) is 14.6. The van der Waals surface area contributed by atoms with E-state index in [2.05, 4.69) is 111 Å². The molecule has 0 amide bonds. The van der Waals surface area contributed by atoms with E-state index in [0.29, 0.717) is 23.7 Å². The highest BCUT2D eigenvalue weighted by molar-refractivity contribution is 6.30. The van der Waals surface area contributed by atoms with Gasteiger partial charge in [0.15, 0.2) is 0 Å². The van der Waals surface area contributed by atoms with E-state index in [1.807, 2.05) is 0 Å². The first-order valence-electron chi connectivity index (χ1n) is 22.3. The van der Waals surface area contributed by atoms with E-state index in [-0.39, 0.29) is 10.8 Å². The van der Waals surface area contributed by atoms with E-state index in [4.69, 9.17) is 0 Å². The van der Waals surface area contributed by atoms with Gasteiger partial charge in [-0.1, -0.05) is 54.4 Å². The molecule has 286 valence electrons. The Kier molecular flexibility index (Phi) is 6.28. The van der Waals surface area contributed by atoms with Crippen molar-refractivity contribution in [2.45, 2.75) is 140 Å². The summed E-state index contributed by atoms with van der Waals surface area (Å²) in [6.07, 6.45) is 12.2. The number of nitriles is 2. The lowest BCUT2D eigenvalue weighted by atomic mass is 9.74. The lowest BCUT2D eigenvalue weighted by Crippen LogP contribution is -2.13. The summed E-state index contributed by atoms with van der Waals surface area (Å²) in [5.41, 5.74) is 17.7. The van der Waals surface area contributed by atoms with Crippen LogP contribution < -0.4 is 0 Å². The molecule has 4 heteroatoms. The zero-order chi connectivity index (χ0) is 39.3. The van der Waals surface area contributed by atoms with Crippen LogP contribution in [0.3, 0.4) is 0 Å².